The van der Waals surface area contributed by atoms with Gasteiger partial charge in [-0.3, -0.25) is 14.4 Å². The van der Waals surface area contributed by atoms with Crippen molar-refractivity contribution in [2.45, 2.75) is 50.7 Å². The maximum atomic E-state index is 13.9. The van der Waals surface area contributed by atoms with Crippen molar-refractivity contribution >= 4 is 40.6 Å². The van der Waals surface area contributed by atoms with Gasteiger partial charge in [0.2, 0.25) is 5.91 Å². The predicted octanol–water partition coefficient (Wildman–Crippen LogP) is 3.32. The second-order valence-electron chi connectivity index (χ2n) is 9.38. The molecule has 4 rings (SSSR count). The van der Waals surface area contributed by atoms with Gasteiger partial charge in [0, 0.05) is 25.8 Å². The zero-order valence-corrected chi connectivity index (χ0v) is 21.8. The molecule has 0 saturated heterocycles. The summed E-state index contributed by atoms with van der Waals surface area (Å²) in [6.45, 7) is 0.00721. The molecule has 1 saturated carbocycles. The van der Waals surface area contributed by atoms with Crippen LogP contribution in [0.25, 0.3) is 0 Å². The van der Waals surface area contributed by atoms with Gasteiger partial charge < -0.3 is 31.0 Å². The number of anilines is 2. The van der Waals surface area contributed by atoms with E-state index < -0.39 is 17.9 Å². The Bertz CT molecular complexity index is 1230. The Morgan fingerprint density at radius 3 is 2.41 bits per heavy atom. The van der Waals surface area contributed by atoms with Gasteiger partial charge in [0.15, 0.2) is 5.69 Å². The van der Waals surface area contributed by atoms with E-state index in [9.17, 15) is 14.4 Å². The number of hydrogen-bond acceptors (Lipinski definition) is 8. The largest absolute Gasteiger partial charge is 0.467 e. The van der Waals surface area contributed by atoms with Crippen molar-refractivity contribution < 1.29 is 18.8 Å². The molecular formula is C26H32N6O4S. The molecule has 0 bridgehead atoms. The minimum atomic E-state index is -0.978. The number of nitrogen functional groups attached to an aromatic ring is 1. The number of rotatable bonds is 9. The van der Waals surface area contributed by atoms with Crippen molar-refractivity contribution in [3.05, 3.63) is 64.6 Å². The molecule has 1 aliphatic rings. The number of aromatic nitrogens is 1. The van der Waals surface area contributed by atoms with Crippen LogP contribution in [0.5, 0.6) is 0 Å². The molecule has 1 aromatic carbocycles. The van der Waals surface area contributed by atoms with Gasteiger partial charge in [-0.1, -0.05) is 31.4 Å². The van der Waals surface area contributed by atoms with E-state index in [0.29, 0.717) is 11.3 Å². The average Bonchev–Trinajstić information content (AvgIpc) is 3.53. The van der Waals surface area contributed by atoms with Crippen molar-refractivity contribution in [2.24, 2.45) is 5.73 Å². The maximum Gasteiger partial charge on any atom is 0.270 e. The molecule has 2 heterocycles. The Balaban J connectivity index is 1.77. The molecule has 1 aliphatic carbocycles. The lowest BCUT2D eigenvalue weighted by atomic mass is 9.94. The van der Waals surface area contributed by atoms with Crippen molar-refractivity contribution in [1.29, 1.82) is 0 Å². The van der Waals surface area contributed by atoms with Gasteiger partial charge in [-0.15, -0.1) is 0 Å². The number of carbonyl (C=O) groups is 3. The molecule has 196 valence electrons. The Hall–Kier alpha value is -3.86. The molecule has 11 heteroatoms. The number of amides is 3. The zero-order chi connectivity index (χ0) is 26.5. The molecule has 0 radical (unpaired) electrons. The molecule has 37 heavy (non-hydrogen) atoms. The highest BCUT2D eigenvalue weighted by molar-refractivity contribution is 7.09. The summed E-state index contributed by atoms with van der Waals surface area (Å²) in [6, 6.07) is 10.00. The van der Waals surface area contributed by atoms with Crippen molar-refractivity contribution in [3.8, 4) is 0 Å². The van der Waals surface area contributed by atoms with Crippen LogP contribution in [0.4, 0.5) is 11.4 Å². The van der Waals surface area contributed by atoms with Gasteiger partial charge in [0.1, 0.15) is 16.7 Å². The van der Waals surface area contributed by atoms with Crippen LogP contribution in [0, 0.1) is 0 Å². The van der Waals surface area contributed by atoms with Crippen molar-refractivity contribution in [2.75, 3.05) is 24.7 Å². The number of hydrogen-bond donors (Lipinski definition) is 3. The molecule has 1 fully saturated rings. The van der Waals surface area contributed by atoms with E-state index in [1.807, 2.05) is 43.3 Å². The highest BCUT2D eigenvalue weighted by atomic mass is 32.1. The number of primary amides is 1. The highest BCUT2D eigenvalue weighted by Crippen LogP contribution is 2.31. The Labute approximate surface area is 219 Å². The van der Waals surface area contributed by atoms with Crippen molar-refractivity contribution in [3.63, 3.8) is 0 Å². The molecule has 0 aliphatic heterocycles. The lowest BCUT2D eigenvalue weighted by molar-refractivity contribution is -0.127. The number of carbonyl (C=O) groups excluding carboxylic acids is 3. The van der Waals surface area contributed by atoms with E-state index in [1.54, 1.807) is 12.1 Å². The summed E-state index contributed by atoms with van der Waals surface area (Å²) in [6.07, 6.45) is 6.55. The molecule has 2 aromatic heterocycles. The molecule has 10 nitrogen and oxygen atoms in total. The van der Waals surface area contributed by atoms with Crippen molar-refractivity contribution in [1.82, 2.24) is 14.6 Å². The molecule has 5 N–H and O–H groups in total. The fraction of sp³-hybridized carbons (Fsp3) is 0.385. The quantitative estimate of drug-likeness (QED) is 0.389. The summed E-state index contributed by atoms with van der Waals surface area (Å²) < 4.78 is 9.52. The molecule has 0 unspecified atom stereocenters. The molecule has 3 aromatic rings. The first kappa shape index (κ1) is 26.2. The smallest absolute Gasteiger partial charge is 0.270 e. The second kappa shape index (κ2) is 11.5. The first-order chi connectivity index (χ1) is 17.8. The first-order valence-electron chi connectivity index (χ1n) is 12.2. The van der Waals surface area contributed by atoms with Crippen LogP contribution in [0.15, 0.2) is 47.1 Å². The van der Waals surface area contributed by atoms with Crippen LogP contribution in [0.1, 0.15) is 69.6 Å². The number of furan rings is 1. The maximum absolute atomic E-state index is 13.9. The number of nitrogens with zero attached hydrogens (tertiary/aromatic N) is 3. The molecular weight excluding hydrogens is 492 g/mol. The third kappa shape index (κ3) is 5.93. The van der Waals surface area contributed by atoms with E-state index >= 15 is 0 Å². The molecule has 1 atom stereocenters. The van der Waals surface area contributed by atoms with E-state index in [-0.39, 0.29) is 34.8 Å². The third-order valence-corrected chi connectivity index (χ3v) is 7.41. The van der Waals surface area contributed by atoms with Crippen LogP contribution in [0.3, 0.4) is 0 Å². The number of nitrogens with two attached hydrogens (primary N) is 2. The fourth-order valence-corrected chi connectivity index (χ4v) is 5.33. The summed E-state index contributed by atoms with van der Waals surface area (Å²) in [5.41, 5.74) is 12.8. The number of benzene rings is 1. The van der Waals surface area contributed by atoms with Gasteiger partial charge in [-0.2, -0.15) is 4.37 Å². The lowest BCUT2D eigenvalue weighted by Gasteiger charge is -2.33. The van der Waals surface area contributed by atoms with Gasteiger partial charge in [-0.05, 0) is 54.2 Å². The zero-order valence-electron chi connectivity index (χ0n) is 21.0. The van der Waals surface area contributed by atoms with Crippen LogP contribution in [-0.4, -0.2) is 47.1 Å². The first-order valence-corrected chi connectivity index (χ1v) is 13.0. The normalized spacial score (nSPS) is 14.6. The van der Waals surface area contributed by atoms with Crippen LogP contribution in [-0.2, 0) is 11.3 Å². The minimum absolute atomic E-state index is 0.00721. The molecule has 0 spiro atoms. The monoisotopic (exact) mass is 524 g/mol. The van der Waals surface area contributed by atoms with Gasteiger partial charge in [0.05, 0.1) is 18.5 Å². The third-order valence-electron chi connectivity index (χ3n) is 6.56. The Kier molecular flexibility index (Phi) is 8.12. The van der Waals surface area contributed by atoms with E-state index in [1.165, 1.54) is 11.2 Å². The fourth-order valence-electron chi connectivity index (χ4n) is 4.57. The SMILES string of the molecule is CN(C)c1ccc([C@H](C(=O)NC2CCCCC2)N(Cc2ccco2)C(=O)c2snc(C(N)=O)c2N)cc1. The summed E-state index contributed by atoms with van der Waals surface area (Å²) >= 11 is 0.784. The summed E-state index contributed by atoms with van der Waals surface area (Å²) in [5, 5.41) is 3.17. The van der Waals surface area contributed by atoms with Crippen LogP contribution < -0.4 is 21.7 Å². The number of nitrogens with one attached hydrogen (secondary N) is 1. The summed E-state index contributed by atoms with van der Waals surface area (Å²) in [5.74, 6) is -1.16. The van der Waals surface area contributed by atoms with Gasteiger partial charge in [-0.25, -0.2) is 0 Å². The van der Waals surface area contributed by atoms with Crippen LogP contribution >= 0.6 is 11.5 Å². The molecule has 3 amide bonds. The summed E-state index contributed by atoms with van der Waals surface area (Å²) in [4.78, 5) is 43.0. The minimum Gasteiger partial charge on any atom is -0.467 e. The topological polar surface area (TPSA) is 148 Å². The highest BCUT2D eigenvalue weighted by Gasteiger charge is 2.36. The standard InChI is InChI=1S/C26H32N6O4S/c1-31(2)18-12-10-16(11-13-18)22(25(34)29-17-7-4-3-5-8-17)32(15-19-9-6-14-36-19)26(35)23-20(27)21(24(28)33)30-37-23/h6,9-14,17,22H,3-5,7-8,15,27H2,1-2H3,(H2,28,33)(H,29,34)/t22-/m1/s1. The Morgan fingerprint density at radius 1 is 1.14 bits per heavy atom. The van der Waals surface area contributed by atoms with Gasteiger partial charge in [0.25, 0.3) is 11.8 Å². The lowest BCUT2D eigenvalue weighted by Crippen LogP contribution is -2.46. The van der Waals surface area contributed by atoms with E-state index in [4.69, 9.17) is 15.9 Å². The van der Waals surface area contributed by atoms with E-state index in [2.05, 4.69) is 9.69 Å². The average molecular weight is 525 g/mol. The van der Waals surface area contributed by atoms with Gasteiger partial charge >= 0.3 is 0 Å². The van der Waals surface area contributed by atoms with Crippen LogP contribution in [0.2, 0.25) is 0 Å². The summed E-state index contributed by atoms with van der Waals surface area (Å²) in [7, 11) is 3.86. The predicted molar refractivity (Wildman–Crippen MR) is 142 cm³/mol. The van der Waals surface area contributed by atoms with E-state index in [0.717, 1.165) is 49.3 Å². The Morgan fingerprint density at radius 2 is 1.84 bits per heavy atom. The second-order valence-corrected chi connectivity index (χ2v) is 10.2.